The second kappa shape index (κ2) is 5.51. The quantitative estimate of drug-likeness (QED) is 0.899. The van der Waals surface area contributed by atoms with Crippen LogP contribution in [-0.4, -0.2) is 39.6 Å². The number of rotatable bonds is 4. The number of sulfone groups is 1. The van der Waals surface area contributed by atoms with Gasteiger partial charge in [-0.1, -0.05) is 12.1 Å². The van der Waals surface area contributed by atoms with Gasteiger partial charge in [0.05, 0.1) is 11.5 Å². The monoisotopic (exact) mass is 282 g/mol. The van der Waals surface area contributed by atoms with Gasteiger partial charge >= 0.3 is 0 Å². The highest BCUT2D eigenvalue weighted by molar-refractivity contribution is 7.91. The van der Waals surface area contributed by atoms with Crippen molar-refractivity contribution in [3.63, 3.8) is 0 Å². The molecule has 0 saturated carbocycles. The molecular weight excluding hydrogens is 260 g/mol. The molecule has 2 N–H and O–H groups in total. The lowest BCUT2D eigenvalue weighted by atomic mass is 10.1. The summed E-state index contributed by atoms with van der Waals surface area (Å²) in [5, 5.41) is 0. The van der Waals surface area contributed by atoms with Gasteiger partial charge < -0.3 is 10.6 Å². The lowest BCUT2D eigenvalue weighted by Gasteiger charge is -2.27. The van der Waals surface area contributed by atoms with Gasteiger partial charge in [-0.3, -0.25) is 0 Å². The minimum atomic E-state index is -2.84. The van der Waals surface area contributed by atoms with Crippen LogP contribution in [0.1, 0.15) is 17.5 Å². The van der Waals surface area contributed by atoms with Crippen LogP contribution in [-0.2, 0) is 16.3 Å². The van der Waals surface area contributed by atoms with Crippen molar-refractivity contribution in [2.24, 2.45) is 5.73 Å². The summed E-state index contributed by atoms with van der Waals surface area (Å²) in [6.07, 6.45) is 1.60. The molecule has 2 rings (SSSR count). The van der Waals surface area contributed by atoms with Crippen molar-refractivity contribution in [3.05, 3.63) is 29.3 Å². The van der Waals surface area contributed by atoms with E-state index >= 15 is 0 Å². The van der Waals surface area contributed by atoms with Crippen LogP contribution in [0.2, 0.25) is 0 Å². The lowest BCUT2D eigenvalue weighted by Crippen LogP contribution is -2.33. The number of benzene rings is 1. The largest absolute Gasteiger partial charge is 0.370 e. The molecule has 0 radical (unpaired) electrons. The minimum Gasteiger partial charge on any atom is -0.370 e. The molecule has 1 aliphatic rings. The van der Waals surface area contributed by atoms with Gasteiger partial charge in [0.15, 0.2) is 9.84 Å². The normalized spacial score (nSPS) is 21.5. The fraction of sp³-hybridized carbons (Fsp3) is 0.571. The summed E-state index contributed by atoms with van der Waals surface area (Å²) in [6, 6.07) is 6.40. The molecule has 1 aliphatic heterocycles. The summed E-state index contributed by atoms with van der Waals surface area (Å²) < 4.78 is 23.1. The molecule has 1 fully saturated rings. The van der Waals surface area contributed by atoms with Gasteiger partial charge in [-0.25, -0.2) is 8.42 Å². The summed E-state index contributed by atoms with van der Waals surface area (Å²) >= 11 is 0. The number of hydrogen-bond donors (Lipinski definition) is 1. The maximum absolute atomic E-state index is 11.6. The van der Waals surface area contributed by atoms with Gasteiger partial charge in [-0.2, -0.15) is 0 Å². The van der Waals surface area contributed by atoms with Gasteiger partial charge in [0.25, 0.3) is 0 Å². The Bertz CT molecular complexity index is 555. The van der Waals surface area contributed by atoms with E-state index in [1.54, 1.807) is 0 Å². The van der Waals surface area contributed by atoms with E-state index in [2.05, 4.69) is 30.0 Å². The zero-order valence-corrected chi connectivity index (χ0v) is 12.4. The van der Waals surface area contributed by atoms with Crippen molar-refractivity contribution in [1.82, 2.24) is 0 Å². The maximum Gasteiger partial charge on any atom is 0.152 e. The molecule has 106 valence electrons. The molecular formula is C14H22N2O2S. The molecule has 1 heterocycles. The van der Waals surface area contributed by atoms with E-state index < -0.39 is 9.84 Å². The highest BCUT2D eigenvalue weighted by Crippen LogP contribution is 2.26. The standard InChI is InChI=1S/C14H22N2O2S/c1-11-9-12(5-7-15)3-4-14(11)16(2)13-6-8-19(17,18)10-13/h3-4,9,13H,5-8,10,15H2,1-2H3. The SMILES string of the molecule is Cc1cc(CCN)ccc1N(C)C1CCS(=O)(=O)C1. The predicted molar refractivity (Wildman–Crippen MR) is 79.4 cm³/mol. The first-order valence-electron chi connectivity index (χ1n) is 6.66. The molecule has 1 atom stereocenters. The lowest BCUT2D eigenvalue weighted by molar-refractivity contribution is 0.601. The topological polar surface area (TPSA) is 63.4 Å². The number of nitrogens with two attached hydrogens (primary N) is 1. The van der Waals surface area contributed by atoms with Crippen LogP contribution in [0.15, 0.2) is 18.2 Å². The first-order valence-corrected chi connectivity index (χ1v) is 8.48. The smallest absolute Gasteiger partial charge is 0.152 e. The molecule has 1 aromatic carbocycles. The molecule has 0 bridgehead atoms. The average Bonchev–Trinajstić information content (AvgIpc) is 2.70. The summed E-state index contributed by atoms with van der Waals surface area (Å²) in [6.45, 7) is 2.71. The Morgan fingerprint density at radius 1 is 1.42 bits per heavy atom. The zero-order valence-electron chi connectivity index (χ0n) is 11.6. The van der Waals surface area contributed by atoms with E-state index in [1.165, 1.54) is 11.1 Å². The molecule has 0 aromatic heterocycles. The number of anilines is 1. The van der Waals surface area contributed by atoms with Gasteiger partial charge in [-0.15, -0.1) is 0 Å². The second-order valence-electron chi connectivity index (χ2n) is 5.33. The molecule has 1 saturated heterocycles. The summed E-state index contributed by atoms with van der Waals surface area (Å²) in [5.41, 5.74) is 9.09. The Kier molecular flexibility index (Phi) is 4.16. The summed E-state index contributed by atoms with van der Waals surface area (Å²) in [4.78, 5) is 2.10. The van der Waals surface area contributed by atoms with Crippen LogP contribution in [0, 0.1) is 6.92 Å². The fourth-order valence-corrected chi connectivity index (χ4v) is 4.49. The maximum atomic E-state index is 11.6. The van der Waals surface area contributed by atoms with E-state index in [-0.39, 0.29) is 11.8 Å². The van der Waals surface area contributed by atoms with Crippen LogP contribution in [0.3, 0.4) is 0 Å². The van der Waals surface area contributed by atoms with Crippen molar-refractivity contribution in [1.29, 1.82) is 0 Å². The first-order chi connectivity index (χ1) is 8.93. The van der Waals surface area contributed by atoms with Gasteiger partial charge in [0.2, 0.25) is 0 Å². The van der Waals surface area contributed by atoms with Gasteiger partial charge in [-0.05, 0) is 43.5 Å². The fourth-order valence-electron chi connectivity index (χ4n) is 2.71. The molecule has 0 aliphatic carbocycles. The van der Waals surface area contributed by atoms with Crippen molar-refractivity contribution in [3.8, 4) is 0 Å². The zero-order chi connectivity index (χ0) is 14.0. The number of aryl methyl sites for hydroxylation is 1. The van der Waals surface area contributed by atoms with E-state index in [4.69, 9.17) is 5.73 Å². The van der Waals surface area contributed by atoms with Crippen LogP contribution in [0.4, 0.5) is 5.69 Å². The number of hydrogen-bond acceptors (Lipinski definition) is 4. The average molecular weight is 282 g/mol. The Morgan fingerprint density at radius 3 is 2.68 bits per heavy atom. The third-order valence-corrected chi connectivity index (χ3v) is 5.58. The Balaban J connectivity index is 2.18. The second-order valence-corrected chi connectivity index (χ2v) is 7.56. The van der Waals surface area contributed by atoms with Crippen LogP contribution in [0.5, 0.6) is 0 Å². The van der Waals surface area contributed by atoms with Crippen LogP contribution >= 0.6 is 0 Å². The Labute approximate surface area is 115 Å². The molecule has 4 nitrogen and oxygen atoms in total. The van der Waals surface area contributed by atoms with E-state index in [0.717, 1.165) is 18.5 Å². The predicted octanol–water partition coefficient (Wildman–Crippen LogP) is 1.12. The Morgan fingerprint density at radius 2 is 2.16 bits per heavy atom. The first kappa shape index (κ1) is 14.3. The molecule has 1 aromatic rings. The molecule has 0 spiro atoms. The molecule has 5 heteroatoms. The van der Waals surface area contributed by atoms with E-state index in [1.807, 2.05) is 7.05 Å². The van der Waals surface area contributed by atoms with Gasteiger partial charge in [0.1, 0.15) is 0 Å². The molecule has 1 unspecified atom stereocenters. The van der Waals surface area contributed by atoms with E-state index in [0.29, 0.717) is 12.3 Å². The van der Waals surface area contributed by atoms with Crippen LogP contribution in [0.25, 0.3) is 0 Å². The summed E-state index contributed by atoms with van der Waals surface area (Å²) in [5.74, 6) is 0.583. The van der Waals surface area contributed by atoms with E-state index in [9.17, 15) is 8.42 Å². The van der Waals surface area contributed by atoms with Crippen molar-refractivity contribution in [2.75, 3.05) is 30.0 Å². The molecule has 0 amide bonds. The highest BCUT2D eigenvalue weighted by Gasteiger charge is 2.31. The third-order valence-electron chi connectivity index (χ3n) is 3.83. The van der Waals surface area contributed by atoms with Gasteiger partial charge in [0, 0.05) is 18.8 Å². The van der Waals surface area contributed by atoms with Crippen molar-refractivity contribution in [2.45, 2.75) is 25.8 Å². The third kappa shape index (κ3) is 3.28. The minimum absolute atomic E-state index is 0.101. The highest BCUT2D eigenvalue weighted by atomic mass is 32.2. The van der Waals surface area contributed by atoms with Crippen LogP contribution < -0.4 is 10.6 Å². The number of nitrogens with zero attached hydrogens (tertiary/aromatic N) is 1. The van der Waals surface area contributed by atoms with Crippen molar-refractivity contribution < 1.29 is 8.42 Å². The Hall–Kier alpha value is -1.07. The summed E-state index contributed by atoms with van der Waals surface area (Å²) in [7, 11) is -0.854. The molecule has 19 heavy (non-hydrogen) atoms. The van der Waals surface area contributed by atoms with Crippen molar-refractivity contribution >= 4 is 15.5 Å².